The number of nitrogens with zero attached hydrogens (tertiary/aromatic N) is 3. The molecular weight excluding hydrogens is 556 g/mol. The maximum absolute atomic E-state index is 13.6. The molecule has 4 heterocycles. The van der Waals surface area contributed by atoms with Gasteiger partial charge in [0.1, 0.15) is 4.90 Å². The van der Waals surface area contributed by atoms with E-state index < -0.39 is 10.0 Å². The Morgan fingerprint density at radius 3 is 2.15 bits per heavy atom. The normalized spacial score (nSPS) is 23.4. The number of carbonyl (C=O) groups excluding carboxylic acids is 2. The Kier molecular flexibility index (Phi) is 7.49. The second kappa shape index (κ2) is 10.9. The lowest BCUT2D eigenvalue weighted by molar-refractivity contribution is 0.0490. The molecule has 0 spiro atoms. The van der Waals surface area contributed by atoms with Crippen molar-refractivity contribution < 1.29 is 27.5 Å². The summed E-state index contributed by atoms with van der Waals surface area (Å²) >= 11 is 6.09. The number of hydrogen-bond acceptors (Lipinski definition) is 7. The van der Waals surface area contributed by atoms with Gasteiger partial charge in [-0.2, -0.15) is 0 Å². The summed E-state index contributed by atoms with van der Waals surface area (Å²) in [6, 6.07) is 7.72. The second-order valence-corrected chi connectivity index (χ2v) is 13.3. The molecule has 2 aromatic rings. The smallest absolute Gasteiger partial charge is 0.254 e. The number of ether oxygens (including phenoxy) is 2. The number of halogens is 1. The lowest BCUT2D eigenvalue weighted by atomic mass is 10.0. The molecule has 0 radical (unpaired) electrons. The average molecular weight is 589 g/mol. The van der Waals surface area contributed by atoms with Crippen molar-refractivity contribution in [2.75, 3.05) is 46.0 Å². The molecule has 4 fully saturated rings. The molecule has 1 aromatic carbocycles. The highest BCUT2D eigenvalue weighted by atomic mass is 35.5. The summed E-state index contributed by atoms with van der Waals surface area (Å²) in [5.74, 6) is 1.43. The maximum atomic E-state index is 13.6. The largest absolute Gasteiger partial charge is 0.477 e. The van der Waals surface area contributed by atoms with Crippen LogP contribution in [-0.4, -0.2) is 81.0 Å². The molecule has 3 saturated heterocycles. The van der Waals surface area contributed by atoms with Crippen LogP contribution in [0.25, 0.3) is 0 Å². The van der Waals surface area contributed by atoms with Gasteiger partial charge in [-0.1, -0.05) is 11.6 Å². The molecule has 2 N–H and O–H groups in total. The van der Waals surface area contributed by atoms with E-state index >= 15 is 0 Å². The van der Waals surface area contributed by atoms with E-state index in [0.29, 0.717) is 61.6 Å². The second-order valence-electron chi connectivity index (χ2n) is 11.4. The number of nitrogens with two attached hydrogens (primary N) is 1. The highest BCUT2D eigenvalue weighted by Gasteiger charge is 2.43. The van der Waals surface area contributed by atoms with Crippen molar-refractivity contribution in [1.29, 1.82) is 0 Å². The van der Waals surface area contributed by atoms with E-state index in [9.17, 15) is 18.0 Å². The molecule has 1 aromatic heterocycles. The zero-order valence-corrected chi connectivity index (χ0v) is 23.7. The van der Waals surface area contributed by atoms with E-state index in [-0.39, 0.29) is 33.6 Å². The van der Waals surface area contributed by atoms with Gasteiger partial charge in [-0.15, -0.1) is 0 Å². The topological polar surface area (TPSA) is 132 Å². The maximum Gasteiger partial charge on any atom is 0.254 e. The van der Waals surface area contributed by atoms with Gasteiger partial charge in [0, 0.05) is 80.0 Å². The van der Waals surface area contributed by atoms with E-state index in [1.54, 1.807) is 11.0 Å². The van der Waals surface area contributed by atoms with Crippen LogP contribution in [-0.2, 0) is 14.8 Å². The summed E-state index contributed by atoms with van der Waals surface area (Å²) in [4.78, 5) is 34.8. The lowest BCUT2D eigenvalue weighted by Gasteiger charge is -2.23. The predicted molar refractivity (Wildman–Crippen MR) is 147 cm³/mol. The van der Waals surface area contributed by atoms with Crippen LogP contribution >= 0.6 is 11.6 Å². The molecule has 1 saturated carbocycles. The van der Waals surface area contributed by atoms with Gasteiger partial charge in [-0.25, -0.2) is 18.5 Å². The minimum atomic E-state index is -3.97. The highest BCUT2D eigenvalue weighted by molar-refractivity contribution is 7.89. The van der Waals surface area contributed by atoms with E-state index in [4.69, 9.17) is 31.2 Å². The van der Waals surface area contributed by atoms with E-state index in [0.717, 1.165) is 44.6 Å². The van der Waals surface area contributed by atoms with Gasteiger partial charge in [-0.05, 0) is 55.9 Å². The number of carbonyl (C=O) groups is 2. The fraction of sp³-hybridized carbons (Fsp3) is 0.536. The molecule has 40 heavy (non-hydrogen) atoms. The first-order valence-electron chi connectivity index (χ1n) is 13.8. The van der Waals surface area contributed by atoms with Gasteiger partial charge in [0.2, 0.25) is 15.9 Å². The van der Waals surface area contributed by atoms with Crippen molar-refractivity contribution in [1.82, 2.24) is 14.8 Å². The number of likely N-dealkylation sites (tertiary alicyclic amines) is 2. The third-order valence-corrected chi connectivity index (χ3v) is 9.81. The zero-order valence-electron chi connectivity index (χ0n) is 22.1. The van der Waals surface area contributed by atoms with Crippen molar-refractivity contribution >= 4 is 33.4 Å². The summed E-state index contributed by atoms with van der Waals surface area (Å²) in [5, 5.41) is 5.09. The Bertz CT molecular complexity index is 1410. The zero-order chi connectivity index (χ0) is 28.0. The highest BCUT2D eigenvalue weighted by Crippen LogP contribution is 2.40. The summed E-state index contributed by atoms with van der Waals surface area (Å²) in [6.45, 7) is 4.26. The molecule has 1 aliphatic carbocycles. The number of benzene rings is 1. The number of pyridine rings is 1. The van der Waals surface area contributed by atoms with E-state index in [2.05, 4.69) is 0 Å². The third kappa shape index (κ3) is 5.83. The van der Waals surface area contributed by atoms with Crippen LogP contribution in [0.3, 0.4) is 0 Å². The fourth-order valence-corrected chi connectivity index (χ4v) is 7.07. The molecule has 10 nitrogen and oxygen atoms in total. The van der Waals surface area contributed by atoms with Crippen LogP contribution in [0.4, 0.5) is 0 Å². The summed E-state index contributed by atoms with van der Waals surface area (Å²) in [7, 11) is -3.97. The molecule has 3 aliphatic heterocycles. The molecular formula is C28H33ClN4O6S. The summed E-state index contributed by atoms with van der Waals surface area (Å²) in [6.07, 6.45) is 4.10. The number of hydrogen-bond donors (Lipinski definition) is 1. The molecule has 2 amide bonds. The van der Waals surface area contributed by atoms with Gasteiger partial charge in [0.05, 0.1) is 11.6 Å². The molecule has 0 bridgehead atoms. The Balaban J connectivity index is 1.10. The Hall–Kier alpha value is -2.73. The minimum absolute atomic E-state index is 0.0298. The number of aromatic nitrogens is 1. The van der Waals surface area contributed by atoms with E-state index in [1.807, 2.05) is 11.0 Å². The minimum Gasteiger partial charge on any atom is -0.477 e. The quantitative estimate of drug-likeness (QED) is 0.526. The molecule has 6 rings (SSSR count). The van der Waals surface area contributed by atoms with Crippen LogP contribution in [0.1, 0.15) is 58.0 Å². The average Bonchev–Trinajstić information content (AvgIpc) is 3.60. The monoisotopic (exact) mass is 588 g/mol. The number of amides is 2. The van der Waals surface area contributed by atoms with Crippen LogP contribution in [0.2, 0.25) is 5.02 Å². The van der Waals surface area contributed by atoms with Crippen LogP contribution < -0.4 is 9.88 Å². The van der Waals surface area contributed by atoms with Gasteiger partial charge >= 0.3 is 0 Å². The Morgan fingerprint density at radius 2 is 1.57 bits per heavy atom. The molecule has 4 aliphatic rings. The van der Waals surface area contributed by atoms with E-state index in [1.165, 1.54) is 18.2 Å². The van der Waals surface area contributed by atoms with Gasteiger partial charge < -0.3 is 19.3 Å². The van der Waals surface area contributed by atoms with Gasteiger partial charge in [-0.3, -0.25) is 9.59 Å². The summed E-state index contributed by atoms with van der Waals surface area (Å²) in [5.41, 5.74) is 1.84. The van der Waals surface area contributed by atoms with Crippen molar-refractivity contribution in [2.24, 2.45) is 22.9 Å². The first-order chi connectivity index (χ1) is 19.2. The van der Waals surface area contributed by atoms with Crippen molar-refractivity contribution in [3.8, 4) is 5.88 Å². The first-order valence-corrected chi connectivity index (χ1v) is 15.7. The van der Waals surface area contributed by atoms with Gasteiger partial charge in [0.15, 0.2) is 0 Å². The van der Waals surface area contributed by atoms with Crippen molar-refractivity contribution in [2.45, 2.75) is 36.5 Å². The van der Waals surface area contributed by atoms with Gasteiger partial charge in [0.25, 0.3) is 11.8 Å². The van der Waals surface area contributed by atoms with Crippen molar-refractivity contribution in [3.63, 3.8) is 0 Å². The van der Waals surface area contributed by atoms with Crippen LogP contribution in [0.5, 0.6) is 5.88 Å². The van der Waals surface area contributed by atoms with Crippen LogP contribution in [0, 0.1) is 17.8 Å². The molecule has 2 atom stereocenters. The fourth-order valence-electron chi connectivity index (χ4n) is 5.98. The number of fused-ring (bicyclic) bond motifs is 1. The first kappa shape index (κ1) is 27.4. The Morgan fingerprint density at radius 1 is 0.950 bits per heavy atom. The van der Waals surface area contributed by atoms with Crippen LogP contribution in [0.15, 0.2) is 35.2 Å². The number of rotatable bonds is 7. The Labute approximate surface area is 238 Å². The predicted octanol–water partition coefficient (Wildman–Crippen LogP) is 2.91. The number of sulfonamides is 1. The molecule has 214 valence electrons. The third-order valence-electron chi connectivity index (χ3n) is 8.42. The molecule has 1 unspecified atom stereocenters. The SMILES string of the molecule is NS(=O)(=O)c1ccc(C(=O)N2CC3CN(C(=O)c4cc(OCC5CCOCC5)nc(C5CC5)c4)C[C@@H]3C2)cc1Cl. The standard InChI is InChI=1S/C28H33ClN4O6S/c29-23-9-19(3-4-25(23)40(30,36)37)27(34)32-12-21-14-33(15-22(21)13-32)28(35)20-10-24(18-1-2-18)31-26(11-20)39-16-17-5-7-38-8-6-17/h3-4,9-11,17-18,21-22H,1-2,5-8,12-16H2,(H2,30,36,37)/t21-,22?/m0/s1. The molecule has 12 heteroatoms. The number of primary sulfonamides is 1. The summed E-state index contributed by atoms with van der Waals surface area (Å²) < 4.78 is 34.8. The lowest BCUT2D eigenvalue weighted by Crippen LogP contribution is -2.35. The van der Waals surface area contributed by atoms with Crippen molar-refractivity contribution in [3.05, 3.63) is 52.2 Å².